The molecule has 0 bridgehead atoms. The Morgan fingerprint density at radius 1 is 1.30 bits per heavy atom. The van der Waals surface area contributed by atoms with Crippen molar-refractivity contribution in [1.82, 2.24) is 0 Å². The minimum Gasteiger partial charge on any atom is -0.481 e. The van der Waals surface area contributed by atoms with Gasteiger partial charge in [-0.1, -0.05) is 6.92 Å². The molecule has 1 aromatic rings. The van der Waals surface area contributed by atoms with E-state index in [1.165, 1.54) is 24.3 Å². The third-order valence-electron chi connectivity index (χ3n) is 2.74. The number of carbonyl (C=O) groups excluding carboxylic acids is 2. The van der Waals surface area contributed by atoms with E-state index in [0.717, 1.165) is 11.8 Å². The number of nitro groups is 1. The smallest absolute Gasteiger partial charge is 0.376 e. The van der Waals surface area contributed by atoms with E-state index in [-0.39, 0.29) is 12.3 Å². The number of hydrogen-bond donors (Lipinski definition) is 1. The molecule has 0 saturated heterocycles. The van der Waals surface area contributed by atoms with Gasteiger partial charge in [-0.25, -0.2) is 4.79 Å². The van der Waals surface area contributed by atoms with Gasteiger partial charge in [-0.2, -0.15) is 0 Å². The van der Waals surface area contributed by atoms with Crippen LogP contribution in [0.3, 0.4) is 0 Å². The second kappa shape index (κ2) is 8.89. The molecule has 1 unspecified atom stereocenters. The fourth-order valence-corrected chi connectivity index (χ4v) is 2.56. The number of nitro benzene ring substituents is 1. The van der Waals surface area contributed by atoms with Crippen LogP contribution in [0.2, 0.25) is 0 Å². The van der Waals surface area contributed by atoms with Crippen LogP contribution in [-0.4, -0.2) is 38.8 Å². The standard InChI is InChI=1S/C14H15NO7S/c1-2-23-11(7-12(16)17)13(18)14(19)22-8-9-3-5-10(6-4-9)15(20)21/h3-6,11H,2,7-8H2,1H3,(H,16,17). The summed E-state index contributed by atoms with van der Waals surface area (Å²) in [6.45, 7) is 1.52. The number of nitrogens with zero attached hydrogens (tertiary/aromatic N) is 1. The summed E-state index contributed by atoms with van der Waals surface area (Å²) in [6.07, 6.45) is -0.454. The lowest BCUT2D eigenvalue weighted by atomic mass is 10.2. The van der Waals surface area contributed by atoms with E-state index in [1.54, 1.807) is 6.92 Å². The Balaban J connectivity index is 2.61. The van der Waals surface area contributed by atoms with E-state index in [4.69, 9.17) is 9.84 Å². The summed E-state index contributed by atoms with van der Waals surface area (Å²) < 4.78 is 4.83. The molecule has 0 fully saturated rings. The van der Waals surface area contributed by atoms with Gasteiger partial charge >= 0.3 is 11.9 Å². The maximum absolute atomic E-state index is 11.9. The van der Waals surface area contributed by atoms with Crippen molar-refractivity contribution in [3.63, 3.8) is 0 Å². The molecule has 0 amide bonds. The zero-order valence-corrected chi connectivity index (χ0v) is 13.1. The highest BCUT2D eigenvalue weighted by Gasteiger charge is 2.28. The molecule has 0 spiro atoms. The fourth-order valence-electron chi connectivity index (χ4n) is 1.65. The average Bonchev–Trinajstić information content (AvgIpc) is 2.51. The van der Waals surface area contributed by atoms with Crippen molar-refractivity contribution in [1.29, 1.82) is 0 Å². The van der Waals surface area contributed by atoms with E-state index in [1.807, 2.05) is 0 Å². The maximum atomic E-state index is 11.9. The first kappa shape index (κ1) is 18.6. The number of hydrogen-bond acceptors (Lipinski definition) is 7. The fraction of sp³-hybridized carbons (Fsp3) is 0.357. The van der Waals surface area contributed by atoms with Gasteiger partial charge in [-0.3, -0.25) is 19.7 Å². The SMILES string of the molecule is CCSC(CC(=O)O)C(=O)C(=O)OCc1ccc([N+](=O)[O-])cc1. The van der Waals surface area contributed by atoms with E-state index in [2.05, 4.69) is 0 Å². The molecule has 9 heteroatoms. The van der Waals surface area contributed by atoms with Crippen LogP contribution in [-0.2, 0) is 25.7 Å². The van der Waals surface area contributed by atoms with Crippen molar-refractivity contribution in [3.8, 4) is 0 Å². The molecule has 0 aromatic heterocycles. The molecule has 124 valence electrons. The Morgan fingerprint density at radius 2 is 1.91 bits per heavy atom. The Hall–Kier alpha value is -2.42. The molecule has 0 radical (unpaired) electrons. The van der Waals surface area contributed by atoms with E-state index < -0.39 is 34.3 Å². The first-order valence-corrected chi connectivity index (χ1v) is 7.67. The van der Waals surface area contributed by atoms with Crippen molar-refractivity contribution in [2.75, 3.05) is 5.75 Å². The molecule has 0 heterocycles. The van der Waals surface area contributed by atoms with Gasteiger partial charge in [0, 0.05) is 12.1 Å². The summed E-state index contributed by atoms with van der Waals surface area (Å²) in [5, 5.41) is 18.3. The predicted octanol–water partition coefficient (Wildman–Crippen LogP) is 1.80. The zero-order chi connectivity index (χ0) is 17.4. The van der Waals surface area contributed by atoms with Crippen molar-refractivity contribution in [2.24, 2.45) is 0 Å². The van der Waals surface area contributed by atoms with Crippen molar-refractivity contribution < 1.29 is 29.2 Å². The monoisotopic (exact) mass is 341 g/mol. The number of benzene rings is 1. The lowest BCUT2D eigenvalue weighted by molar-refractivity contribution is -0.384. The third-order valence-corrected chi connectivity index (χ3v) is 3.86. The minimum absolute atomic E-state index is 0.1000. The minimum atomic E-state index is -1.17. The molecule has 0 aliphatic rings. The normalized spacial score (nSPS) is 11.5. The van der Waals surface area contributed by atoms with Crippen LogP contribution in [0.15, 0.2) is 24.3 Å². The number of rotatable bonds is 9. The molecule has 0 saturated carbocycles. The second-order valence-corrected chi connectivity index (χ2v) is 5.89. The summed E-state index contributed by atoms with van der Waals surface area (Å²) in [5.74, 6) is -2.71. The summed E-state index contributed by atoms with van der Waals surface area (Å²) >= 11 is 1.06. The van der Waals surface area contributed by atoms with Gasteiger partial charge in [0.1, 0.15) is 6.61 Å². The number of ether oxygens (including phenoxy) is 1. The molecular formula is C14H15NO7S. The van der Waals surface area contributed by atoms with Gasteiger partial charge in [0.25, 0.3) is 11.5 Å². The molecule has 1 atom stereocenters. The summed E-state index contributed by atoms with van der Waals surface area (Å²) in [6, 6.07) is 5.33. The predicted molar refractivity (Wildman–Crippen MR) is 82.1 cm³/mol. The molecule has 1 aromatic carbocycles. The number of thioether (sulfide) groups is 1. The van der Waals surface area contributed by atoms with Gasteiger partial charge in [0.15, 0.2) is 0 Å². The maximum Gasteiger partial charge on any atom is 0.376 e. The van der Waals surface area contributed by atoms with Crippen LogP contribution in [0, 0.1) is 10.1 Å². The van der Waals surface area contributed by atoms with Crippen molar-refractivity contribution in [2.45, 2.75) is 25.2 Å². The van der Waals surface area contributed by atoms with E-state index in [0.29, 0.717) is 11.3 Å². The third kappa shape index (κ3) is 6.07. The number of Topliss-reactive ketones (excluding diaryl/α,β-unsaturated/α-hetero) is 1. The van der Waals surface area contributed by atoms with Gasteiger partial charge in [-0.05, 0) is 23.4 Å². The first-order chi connectivity index (χ1) is 10.8. The number of non-ortho nitro benzene ring substituents is 1. The summed E-state index contributed by atoms with van der Waals surface area (Å²) in [5.41, 5.74) is 0.381. The van der Waals surface area contributed by atoms with Gasteiger partial charge in [-0.15, -0.1) is 11.8 Å². The Morgan fingerprint density at radius 3 is 2.39 bits per heavy atom. The average molecular weight is 341 g/mol. The first-order valence-electron chi connectivity index (χ1n) is 6.62. The van der Waals surface area contributed by atoms with Crippen LogP contribution in [0.5, 0.6) is 0 Å². The molecule has 1 rings (SSSR count). The number of carbonyl (C=O) groups is 3. The van der Waals surface area contributed by atoms with Crippen LogP contribution in [0.25, 0.3) is 0 Å². The molecule has 8 nitrogen and oxygen atoms in total. The molecule has 0 aliphatic carbocycles. The van der Waals surface area contributed by atoms with Gasteiger partial charge < -0.3 is 9.84 Å². The van der Waals surface area contributed by atoms with Crippen molar-refractivity contribution >= 4 is 35.2 Å². The molecular weight excluding hydrogens is 326 g/mol. The Kier molecular flexibility index (Phi) is 7.20. The number of ketones is 1. The number of carboxylic acid groups (broad SMARTS) is 1. The van der Waals surface area contributed by atoms with Crippen LogP contribution >= 0.6 is 11.8 Å². The highest BCUT2D eigenvalue weighted by atomic mass is 32.2. The van der Waals surface area contributed by atoms with Crippen molar-refractivity contribution in [3.05, 3.63) is 39.9 Å². The van der Waals surface area contributed by atoms with E-state index >= 15 is 0 Å². The topological polar surface area (TPSA) is 124 Å². The quantitative estimate of drug-likeness (QED) is 0.312. The largest absolute Gasteiger partial charge is 0.481 e. The molecule has 1 N–H and O–H groups in total. The Bertz CT molecular complexity index is 600. The highest BCUT2D eigenvalue weighted by molar-refractivity contribution is 8.00. The number of aliphatic carboxylic acids is 1. The van der Waals surface area contributed by atoms with Crippen LogP contribution in [0.1, 0.15) is 18.9 Å². The summed E-state index contributed by atoms with van der Waals surface area (Å²) in [4.78, 5) is 44.3. The van der Waals surface area contributed by atoms with E-state index in [9.17, 15) is 24.5 Å². The molecule has 0 aliphatic heterocycles. The number of esters is 1. The van der Waals surface area contributed by atoms with Gasteiger partial charge in [0.2, 0.25) is 0 Å². The van der Waals surface area contributed by atoms with Crippen LogP contribution < -0.4 is 0 Å². The van der Waals surface area contributed by atoms with Crippen LogP contribution in [0.4, 0.5) is 5.69 Å². The van der Waals surface area contributed by atoms with Gasteiger partial charge in [0.05, 0.1) is 16.6 Å². The highest BCUT2D eigenvalue weighted by Crippen LogP contribution is 2.17. The Labute approximate surface area is 136 Å². The molecule has 23 heavy (non-hydrogen) atoms. The second-order valence-electron chi connectivity index (χ2n) is 4.41. The lowest BCUT2D eigenvalue weighted by Gasteiger charge is -2.11. The lowest BCUT2D eigenvalue weighted by Crippen LogP contribution is -2.30. The zero-order valence-electron chi connectivity index (χ0n) is 12.3. The number of carboxylic acids is 1. The summed E-state index contributed by atoms with van der Waals surface area (Å²) in [7, 11) is 0.